The molecular weight excluding hydrogens is 237 g/mol. The van der Waals surface area contributed by atoms with Gasteiger partial charge in [-0.1, -0.05) is 13.8 Å². The molecule has 0 fully saturated rings. The fraction of sp³-hybridized carbons (Fsp3) is 0.538. The van der Waals surface area contributed by atoms with Crippen LogP contribution >= 0.6 is 11.8 Å². The normalized spacial score (nSPS) is 12.7. The Morgan fingerprint density at radius 2 is 2.24 bits per heavy atom. The summed E-state index contributed by atoms with van der Waals surface area (Å²) >= 11 is 1.58. The van der Waals surface area contributed by atoms with Crippen LogP contribution < -0.4 is 5.32 Å². The van der Waals surface area contributed by atoms with E-state index < -0.39 is 0 Å². The van der Waals surface area contributed by atoms with Gasteiger partial charge in [0.25, 0.3) is 0 Å². The summed E-state index contributed by atoms with van der Waals surface area (Å²) in [5.41, 5.74) is 0.962. The Labute approximate surface area is 107 Å². The van der Waals surface area contributed by atoms with Gasteiger partial charge in [-0.25, -0.2) is 4.39 Å². The molecule has 2 nitrogen and oxygen atoms in total. The van der Waals surface area contributed by atoms with Crippen LogP contribution in [0.1, 0.15) is 25.8 Å². The zero-order valence-electron chi connectivity index (χ0n) is 10.4. The molecule has 96 valence electrons. The van der Waals surface area contributed by atoms with Crippen molar-refractivity contribution in [2.75, 3.05) is 13.2 Å². The van der Waals surface area contributed by atoms with Gasteiger partial charge in [-0.05, 0) is 36.7 Å². The van der Waals surface area contributed by atoms with Gasteiger partial charge in [-0.2, -0.15) is 0 Å². The molecule has 0 heterocycles. The van der Waals surface area contributed by atoms with Crippen molar-refractivity contribution in [3.63, 3.8) is 0 Å². The lowest BCUT2D eigenvalue weighted by Gasteiger charge is -2.13. The minimum absolute atomic E-state index is 0.129. The molecule has 1 rings (SSSR count). The number of halogens is 1. The number of aliphatic hydroxyl groups excluding tert-OH is 1. The molecular formula is C13H20FNOS. The van der Waals surface area contributed by atoms with Gasteiger partial charge in [0.15, 0.2) is 0 Å². The highest BCUT2D eigenvalue weighted by Crippen LogP contribution is 2.27. The van der Waals surface area contributed by atoms with Gasteiger partial charge in [0.1, 0.15) is 5.82 Å². The third-order valence-corrected chi connectivity index (χ3v) is 3.55. The van der Waals surface area contributed by atoms with Crippen molar-refractivity contribution in [1.29, 1.82) is 0 Å². The molecule has 0 spiro atoms. The Morgan fingerprint density at radius 1 is 1.47 bits per heavy atom. The van der Waals surface area contributed by atoms with Crippen LogP contribution in [0.25, 0.3) is 0 Å². The van der Waals surface area contributed by atoms with Crippen molar-refractivity contribution in [2.24, 2.45) is 0 Å². The van der Waals surface area contributed by atoms with Crippen LogP contribution in [-0.2, 0) is 6.54 Å². The number of nitrogens with one attached hydrogen (secondary N) is 1. The molecule has 4 heteroatoms. The Kier molecular flexibility index (Phi) is 6.55. The zero-order chi connectivity index (χ0) is 12.7. The number of aliphatic hydroxyl groups is 1. The van der Waals surface area contributed by atoms with E-state index in [-0.39, 0.29) is 17.7 Å². The molecule has 0 saturated heterocycles. The smallest absolute Gasteiger partial charge is 0.123 e. The van der Waals surface area contributed by atoms with Crippen LogP contribution in [-0.4, -0.2) is 23.5 Å². The first-order valence-electron chi connectivity index (χ1n) is 5.94. The largest absolute Gasteiger partial charge is 0.395 e. The van der Waals surface area contributed by atoms with E-state index >= 15 is 0 Å². The van der Waals surface area contributed by atoms with Gasteiger partial charge in [0.05, 0.1) is 6.61 Å². The first-order chi connectivity index (χ1) is 8.17. The molecule has 17 heavy (non-hydrogen) atoms. The van der Waals surface area contributed by atoms with Gasteiger partial charge in [0, 0.05) is 16.7 Å². The van der Waals surface area contributed by atoms with E-state index in [4.69, 9.17) is 5.11 Å². The number of benzene rings is 1. The molecule has 1 aromatic carbocycles. The fourth-order valence-electron chi connectivity index (χ4n) is 1.45. The van der Waals surface area contributed by atoms with Gasteiger partial charge >= 0.3 is 0 Å². The predicted octanol–water partition coefficient (Wildman–Crippen LogP) is 2.80. The molecule has 1 aromatic rings. The maximum absolute atomic E-state index is 13.2. The lowest BCUT2D eigenvalue weighted by atomic mass is 10.2. The summed E-state index contributed by atoms with van der Waals surface area (Å²) < 4.78 is 13.2. The molecule has 0 amide bonds. The van der Waals surface area contributed by atoms with E-state index in [0.717, 1.165) is 23.4 Å². The second kappa shape index (κ2) is 7.69. The third kappa shape index (κ3) is 5.06. The summed E-state index contributed by atoms with van der Waals surface area (Å²) in [5.74, 6) is -0.209. The molecule has 1 unspecified atom stereocenters. The van der Waals surface area contributed by atoms with E-state index in [0.29, 0.717) is 6.54 Å². The monoisotopic (exact) mass is 257 g/mol. The number of rotatable bonds is 7. The summed E-state index contributed by atoms with van der Waals surface area (Å²) in [6.07, 6.45) is 1.06. The Hall–Kier alpha value is -0.580. The summed E-state index contributed by atoms with van der Waals surface area (Å²) in [4.78, 5) is 1.04. The van der Waals surface area contributed by atoms with Crippen LogP contribution in [0.5, 0.6) is 0 Å². The average Bonchev–Trinajstić information content (AvgIpc) is 2.32. The summed E-state index contributed by atoms with van der Waals surface area (Å²) in [7, 11) is 0. The predicted molar refractivity (Wildman–Crippen MR) is 70.8 cm³/mol. The highest BCUT2D eigenvalue weighted by Gasteiger charge is 2.08. The van der Waals surface area contributed by atoms with E-state index in [9.17, 15) is 4.39 Å². The molecule has 1 atom stereocenters. The maximum Gasteiger partial charge on any atom is 0.123 e. The van der Waals surface area contributed by atoms with Crippen LogP contribution in [0.4, 0.5) is 4.39 Å². The molecule has 0 aromatic heterocycles. The van der Waals surface area contributed by atoms with Gasteiger partial charge in [-0.3, -0.25) is 0 Å². The van der Waals surface area contributed by atoms with Crippen LogP contribution in [0, 0.1) is 5.82 Å². The quantitative estimate of drug-likeness (QED) is 0.582. The zero-order valence-corrected chi connectivity index (χ0v) is 11.2. The van der Waals surface area contributed by atoms with Crippen molar-refractivity contribution in [1.82, 2.24) is 5.32 Å². The van der Waals surface area contributed by atoms with Crippen molar-refractivity contribution in [3.8, 4) is 0 Å². The minimum atomic E-state index is -0.209. The Bertz CT molecular complexity index is 346. The Balaban J connectivity index is 2.72. The third-order valence-electron chi connectivity index (χ3n) is 2.35. The standard InChI is InChI=1S/C13H20FNOS/c1-3-6-15-8-11-7-12(14)4-5-13(11)17-10(2)9-16/h4-5,7,10,15-16H,3,6,8-9H2,1-2H3. The summed E-state index contributed by atoms with van der Waals surface area (Å²) in [6, 6.07) is 4.82. The van der Waals surface area contributed by atoms with E-state index in [2.05, 4.69) is 12.2 Å². The molecule has 0 aliphatic heterocycles. The first-order valence-corrected chi connectivity index (χ1v) is 6.82. The van der Waals surface area contributed by atoms with Crippen molar-refractivity contribution < 1.29 is 9.50 Å². The van der Waals surface area contributed by atoms with Gasteiger partial charge in [-0.15, -0.1) is 11.8 Å². The van der Waals surface area contributed by atoms with E-state index in [1.165, 1.54) is 6.07 Å². The van der Waals surface area contributed by atoms with Gasteiger partial charge < -0.3 is 10.4 Å². The summed E-state index contributed by atoms with van der Waals surface area (Å²) in [6.45, 7) is 5.78. The maximum atomic E-state index is 13.2. The fourth-order valence-corrected chi connectivity index (χ4v) is 2.39. The molecule has 0 aliphatic rings. The topological polar surface area (TPSA) is 32.3 Å². The molecule has 0 bridgehead atoms. The number of hydrogen-bond donors (Lipinski definition) is 2. The lowest BCUT2D eigenvalue weighted by molar-refractivity contribution is 0.300. The van der Waals surface area contributed by atoms with Crippen LogP contribution in [0.15, 0.2) is 23.1 Å². The van der Waals surface area contributed by atoms with Crippen molar-refractivity contribution in [2.45, 2.75) is 37.0 Å². The highest BCUT2D eigenvalue weighted by atomic mass is 32.2. The second-order valence-corrected chi connectivity index (χ2v) is 5.52. The molecule has 0 radical (unpaired) electrons. The number of thioether (sulfide) groups is 1. The molecule has 0 saturated carbocycles. The van der Waals surface area contributed by atoms with Crippen molar-refractivity contribution >= 4 is 11.8 Å². The van der Waals surface area contributed by atoms with Crippen LogP contribution in [0.2, 0.25) is 0 Å². The highest BCUT2D eigenvalue weighted by molar-refractivity contribution is 8.00. The van der Waals surface area contributed by atoms with E-state index in [1.807, 2.05) is 6.92 Å². The Morgan fingerprint density at radius 3 is 2.88 bits per heavy atom. The van der Waals surface area contributed by atoms with Gasteiger partial charge in [0.2, 0.25) is 0 Å². The SMILES string of the molecule is CCCNCc1cc(F)ccc1SC(C)CO. The lowest BCUT2D eigenvalue weighted by Crippen LogP contribution is -2.15. The molecule has 0 aliphatic carbocycles. The molecule has 2 N–H and O–H groups in total. The second-order valence-electron chi connectivity index (χ2n) is 4.04. The summed E-state index contributed by atoms with van der Waals surface area (Å²) in [5, 5.41) is 12.4. The first kappa shape index (κ1) is 14.5. The number of hydrogen-bond acceptors (Lipinski definition) is 3. The van der Waals surface area contributed by atoms with Crippen LogP contribution in [0.3, 0.4) is 0 Å². The average molecular weight is 257 g/mol. The van der Waals surface area contributed by atoms with E-state index in [1.54, 1.807) is 23.9 Å². The minimum Gasteiger partial charge on any atom is -0.395 e. The van der Waals surface area contributed by atoms with Crippen molar-refractivity contribution in [3.05, 3.63) is 29.6 Å².